The predicted octanol–water partition coefficient (Wildman–Crippen LogP) is 2.67. The van der Waals surface area contributed by atoms with Crippen LogP contribution >= 0.6 is 0 Å². The lowest BCUT2D eigenvalue weighted by molar-refractivity contribution is 0.584. The Kier molecular flexibility index (Phi) is 3.25. The fourth-order valence-corrected chi connectivity index (χ4v) is 5.04. The highest BCUT2D eigenvalue weighted by Gasteiger charge is 2.35. The van der Waals surface area contributed by atoms with Gasteiger partial charge in [-0.15, -0.1) is 0 Å². The van der Waals surface area contributed by atoms with Gasteiger partial charge < -0.3 is 4.98 Å². The van der Waals surface area contributed by atoms with E-state index in [2.05, 4.69) is 4.98 Å². The Hall–Kier alpha value is -2.60. The molecule has 0 aliphatic carbocycles. The molecule has 3 aromatic rings. The normalized spacial score (nSPS) is 17.2. The van der Waals surface area contributed by atoms with Crippen molar-refractivity contribution in [1.29, 1.82) is 0 Å². The zero-order chi connectivity index (χ0) is 16.9. The molecular weight excluding hydrogens is 324 g/mol. The fourth-order valence-electron chi connectivity index (χ4n) is 3.31. The molecule has 0 unspecified atom stereocenters. The molecule has 24 heavy (non-hydrogen) atoms. The highest BCUT2D eigenvalue weighted by molar-refractivity contribution is 7.92. The van der Waals surface area contributed by atoms with E-state index in [1.54, 1.807) is 24.3 Å². The topological polar surface area (TPSA) is 70.2 Å². The van der Waals surface area contributed by atoms with Gasteiger partial charge in [-0.25, -0.2) is 8.42 Å². The summed E-state index contributed by atoms with van der Waals surface area (Å²) in [6.45, 7) is 1.91. The van der Waals surface area contributed by atoms with Crippen LogP contribution in [0, 0.1) is 0 Å². The second-order valence-electron chi connectivity index (χ2n) is 6.05. The van der Waals surface area contributed by atoms with Crippen LogP contribution in [-0.4, -0.2) is 19.4 Å². The van der Waals surface area contributed by atoms with Crippen molar-refractivity contribution in [2.75, 3.05) is 4.31 Å². The molecule has 1 aliphatic rings. The lowest BCUT2D eigenvalue weighted by Gasteiger charge is -2.24. The van der Waals surface area contributed by atoms with E-state index in [4.69, 9.17) is 0 Å². The minimum Gasteiger partial charge on any atom is -0.322 e. The highest BCUT2D eigenvalue weighted by atomic mass is 32.2. The largest absolute Gasteiger partial charge is 0.322 e. The number of para-hydroxylation sites is 1. The van der Waals surface area contributed by atoms with Crippen molar-refractivity contribution < 1.29 is 8.42 Å². The van der Waals surface area contributed by atoms with E-state index in [-0.39, 0.29) is 16.5 Å². The van der Waals surface area contributed by atoms with Gasteiger partial charge in [-0.2, -0.15) is 0 Å². The lowest BCUT2D eigenvalue weighted by atomic mass is 10.1. The molecule has 1 N–H and O–H groups in total. The SMILES string of the molecule is C[C@H]1Cc2ccccc2N1S(=O)(=O)c1ccc2[nH]c(=O)ccc2c1. The number of aromatic amines is 1. The summed E-state index contributed by atoms with van der Waals surface area (Å²) in [6.07, 6.45) is 0.705. The van der Waals surface area contributed by atoms with E-state index in [0.29, 0.717) is 17.3 Å². The highest BCUT2D eigenvalue weighted by Crippen LogP contribution is 2.36. The molecule has 0 saturated carbocycles. The van der Waals surface area contributed by atoms with Crippen molar-refractivity contribution in [3.63, 3.8) is 0 Å². The van der Waals surface area contributed by atoms with Gasteiger partial charge in [0.05, 0.1) is 10.6 Å². The van der Waals surface area contributed by atoms with E-state index < -0.39 is 10.0 Å². The van der Waals surface area contributed by atoms with Crippen LogP contribution in [-0.2, 0) is 16.4 Å². The summed E-state index contributed by atoms with van der Waals surface area (Å²) in [7, 11) is -3.66. The molecule has 0 saturated heterocycles. The monoisotopic (exact) mass is 340 g/mol. The van der Waals surface area contributed by atoms with E-state index in [9.17, 15) is 13.2 Å². The maximum absolute atomic E-state index is 13.2. The number of hydrogen-bond donors (Lipinski definition) is 1. The van der Waals surface area contributed by atoms with Crippen molar-refractivity contribution in [2.24, 2.45) is 0 Å². The van der Waals surface area contributed by atoms with Crippen molar-refractivity contribution in [3.8, 4) is 0 Å². The molecule has 1 aromatic heterocycles. The first-order valence-electron chi connectivity index (χ1n) is 7.72. The van der Waals surface area contributed by atoms with Gasteiger partial charge in [0.2, 0.25) is 5.56 Å². The Labute approximate surface area is 139 Å². The molecule has 1 atom stereocenters. The Balaban J connectivity index is 1.86. The standard InChI is InChI=1S/C18H16N2O3S/c1-12-10-14-4-2-3-5-17(14)20(12)24(22,23)15-7-8-16-13(11-15)6-9-18(21)19-16/h2-9,11-12H,10H2,1H3,(H,19,21)/t12-/m0/s1. The average Bonchev–Trinajstić information content (AvgIpc) is 2.90. The smallest absolute Gasteiger partial charge is 0.264 e. The van der Waals surface area contributed by atoms with Gasteiger partial charge in [-0.05, 0) is 54.6 Å². The Bertz CT molecular complexity index is 1100. The Morgan fingerprint density at radius 2 is 1.88 bits per heavy atom. The number of hydrogen-bond acceptors (Lipinski definition) is 3. The van der Waals surface area contributed by atoms with Crippen molar-refractivity contribution in [1.82, 2.24) is 4.98 Å². The molecule has 2 heterocycles. The predicted molar refractivity (Wildman–Crippen MR) is 93.8 cm³/mol. The van der Waals surface area contributed by atoms with Crippen molar-refractivity contribution >= 4 is 26.6 Å². The number of nitrogens with zero attached hydrogens (tertiary/aromatic N) is 1. The molecule has 2 aromatic carbocycles. The summed E-state index contributed by atoms with van der Waals surface area (Å²) in [6, 6.07) is 15.3. The maximum atomic E-state index is 13.2. The molecule has 0 amide bonds. The molecule has 4 rings (SSSR count). The first-order valence-corrected chi connectivity index (χ1v) is 9.16. The first-order chi connectivity index (χ1) is 11.5. The molecule has 6 heteroatoms. The van der Waals surface area contributed by atoms with Crippen LogP contribution in [0.25, 0.3) is 10.9 Å². The number of H-pyrrole nitrogens is 1. The summed E-state index contributed by atoms with van der Waals surface area (Å²) in [4.78, 5) is 14.3. The summed E-state index contributed by atoms with van der Waals surface area (Å²) in [5.41, 5.74) is 2.20. The molecule has 0 bridgehead atoms. The van der Waals surface area contributed by atoms with Gasteiger partial charge in [-0.3, -0.25) is 9.10 Å². The zero-order valence-electron chi connectivity index (χ0n) is 13.1. The number of rotatable bonds is 2. The van der Waals surface area contributed by atoms with Gasteiger partial charge in [0.1, 0.15) is 0 Å². The van der Waals surface area contributed by atoms with E-state index in [1.165, 1.54) is 10.4 Å². The zero-order valence-corrected chi connectivity index (χ0v) is 13.9. The quantitative estimate of drug-likeness (QED) is 0.780. The number of anilines is 1. The van der Waals surface area contributed by atoms with Crippen LogP contribution in [0.3, 0.4) is 0 Å². The van der Waals surface area contributed by atoms with Gasteiger partial charge in [0, 0.05) is 17.6 Å². The van der Waals surface area contributed by atoms with Gasteiger partial charge >= 0.3 is 0 Å². The van der Waals surface area contributed by atoms with E-state index >= 15 is 0 Å². The van der Waals surface area contributed by atoms with Crippen LogP contribution in [0.15, 0.2) is 64.3 Å². The van der Waals surface area contributed by atoms with Crippen molar-refractivity contribution in [3.05, 3.63) is 70.5 Å². The molecule has 0 spiro atoms. The van der Waals surface area contributed by atoms with Crippen molar-refractivity contribution in [2.45, 2.75) is 24.3 Å². The first kappa shape index (κ1) is 15.0. The van der Waals surface area contributed by atoms with Gasteiger partial charge in [0.15, 0.2) is 0 Å². The third kappa shape index (κ3) is 2.22. The number of benzene rings is 2. The molecule has 122 valence electrons. The van der Waals surface area contributed by atoms with Crippen LogP contribution in [0.4, 0.5) is 5.69 Å². The number of aromatic nitrogens is 1. The Morgan fingerprint density at radius 1 is 1.08 bits per heavy atom. The molecule has 1 aliphatic heterocycles. The minimum absolute atomic E-state index is 0.126. The summed E-state index contributed by atoms with van der Waals surface area (Å²) >= 11 is 0. The number of sulfonamides is 1. The van der Waals surface area contributed by atoms with Crippen LogP contribution in [0.1, 0.15) is 12.5 Å². The van der Waals surface area contributed by atoms with E-state index in [1.807, 2.05) is 31.2 Å². The molecule has 0 radical (unpaired) electrons. The van der Waals surface area contributed by atoms with Crippen LogP contribution in [0.5, 0.6) is 0 Å². The third-order valence-corrected chi connectivity index (χ3v) is 6.32. The number of fused-ring (bicyclic) bond motifs is 2. The average molecular weight is 340 g/mol. The summed E-state index contributed by atoms with van der Waals surface area (Å²) < 4.78 is 27.8. The third-order valence-electron chi connectivity index (χ3n) is 4.40. The van der Waals surface area contributed by atoms with E-state index in [0.717, 1.165) is 11.3 Å². The maximum Gasteiger partial charge on any atom is 0.264 e. The number of nitrogens with one attached hydrogen (secondary N) is 1. The van der Waals surface area contributed by atoms with Gasteiger partial charge in [0.25, 0.3) is 10.0 Å². The second kappa shape index (κ2) is 5.21. The molecule has 5 nitrogen and oxygen atoms in total. The second-order valence-corrected chi connectivity index (χ2v) is 7.87. The molecule has 0 fully saturated rings. The van der Waals surface area contributed by atoms with Crippen LogP contribution < -0.4 is 9.86 Å². The van der Waals surface area contributed by atoms with Crippen LogP contribution in [0.2, 0.25) is 0 Å². The number of pyridine rings is 1. The molecular formula is C18H16N2O3S. The van der Waals surface area contributed by atoms with Gasteiger partial charge in [-0.1, -0.05) is 18.2 Å². The summed E-state index contributed by atoms with van der Waals surface area (Å²) in [5.74, 6) is 0. The summed E-state index contributed by atoms with van der Waals surface area (Å²) in [5, 5.41) is 0.691. The minimum atomic E-state index is -3.66. The fraction of sp³-hybridized carbons (Fsp3) is 0.167. The lowest BCUT2D eigenvalue weighted by Crippen LogP contribution is -2.35. The Morgan fingerprint density at radius 3 is 2.71 bits per heavy atom.